The van der Waals surface area contributed by atoms with Gasteiger partial charge in [-0.3, -0.25) is 14.4 Å². The van der Waals surface area contributed by atoms with E-state index in [2.05, 4.69) is 16.0 Å². The van der Waals surface area contributed by atoms with Crippen LogP contribution in [0.15, 0.2) is 24.3 Å². The molecule has 0 radical (unpaired) electrons. The number of carbonyl (C=O) groups excluding carboxylic acids is 3. The molecule has 4 fully saturated rings. The van der Waals surface area contributed by atoms with E-state index < -0.39 is 167 Å². The molecule has 0 aliphatic carbocycles. The van der Waals surface area contributed by atoms with Gasteiger partial charge >= 0.3 is 0 Å². The van der Waals surface area contributed by atoms with Crippen LogP contribution in [0.1, 0.15) is 20.8 Å². The molecule has 4 saturated heterocycles. The van der Waals surface area contributed by atoms with Crippen molar-refractivity contribution in [2.24, 2.45) is 0 Å². The van der Waals surface area contributed by atoms with E-state index in [9.17, 15) is 65.4 Å². The fourth-order valence-electron chi connectivity index (χ4n) is 7.64. The van der Waals surface area contributed by atoms with Gasteiger partial charge in [0.2, 0.25) is 24.0 Å². The standard InChI is InChI=1S/C37H57N3O22/c1-13(45)38-22-26(49)25(48)18(9-41)56-35(22)60-31-19(10-42)58-36(24(28(31)51)40-15(3)47)61-33-21(12-44)59-37(30(53)29(33)52)62-32-20(11-43)57-34(23(27(32)50)39-14(2)46)55-17-7-5-16(54-4)6-8-17/h5-8,18-37,41-44,48-53H,9-12H2,1-4H3,(H,38,45)(H,39,46)(H,40,47)/t18-,19-,20-,21-,22-,23-,24-,25-,26-,27-,28-,29-,30-,31-,32-,33-,34-,35+,36+,37+/m1/s1. The van der Waals surface area contributed by atoms with Crippen LogP contribution in [0.3, 0.4) is 0 Å². The van der Waals surface area contributed by atoms with Crippen LogP contribution in [0, 0.1) is 0 Å². The second-order valence-corrected chi connectivity index (χ2v) is 15.1. The number of methoxy groups -OCH3 is 1. The van der Waals surface area contributed by atoms with Gasteiger partial charge < -0.3 is 110 Å². The van der Waals surface area contributed by atoms with Crippen LogP contribution in [-0.2, 0) is 47.5 Å². The van der Waals surface area contributed by atoms with E-state index in [1.54, 1.807) is 12.1 Å². The minimum absolute atomic E-state index is 0.245. The van der Waals surface area contributed by atoms with Gasteiger partial charge in [0, 0.05) is 20.8 Å². The number of benzene rings is 1. The first-order chi connectivity index (χ1) is 29.5. The van der Waals surface area contributed by atoms with Crippen LogP contribution in [0.4, 0.5) is 0 Å². The summed E-state index contributed by atoms with van der Waals surface area (Å²) in [5.74, 6) is -1.27. The number of hydrogen-bond acceptors (Lipinski definition) is 22. The lowest BCUT2D eigenvalue weighted by Crippen LogP contribution is -2.70. The van der Waals surface area contributed by atoms with Crippen molar-refractivity contribution in [1.29, 1.82) is 0 Å². The fraction of sp³-hybridized carbons (Fsp3) is 0.757. The van der Waals surface area contributed by atoms with Gasteiger partial charge in [-0.15, -0.1) is 0 Å². The lowest BCUT2D eigenvalue weighted by molar-refractivity contribution is -0.372. The molecule has 4 heterocycles. The zero-order valence-electron chi connectivity index (χ0n) is 34.1. The Hall–Kier alpha value is -3.45. The Bertz CT molecular complexity index is 1610. The van der Waals surface area contributed by atoms with Crippen molar-refractivity contribution < 1.29 is 108 Å². The summed E-state index contributed by atoms with van der Waals surface area (Å²) in [5, 5.41) is 115. The van der Waals surface area contributed by atoms with E-state index in [0.717, 1.165) is 13.8 Å². The van der Waals surface area contributed by atoms with Crippen molar-refractivity contribution in [2.75, 3.05) is 33.5 Å². The molecule has 0 unspecified atom stereocenters. The topological polar surface area (TPSA) is 373 Å². The Kier molecular flexibility index (Phi) is 17.6. The van der Waals surface area contributed by atoms with Gasteiger partial charge in [0.15, 0.2) is 18.9 Å². The number of carbonyl (C=O) groups is 3. The Morgan fingerprint density at radius 1 is 0.484 bits per heavy atom. The molecule has 20 atom stereocenters. The number of rotatable bonds is 16. The van der Waals surface area contributed by atoms with E-state index in [0.29, 0.717) is 5.75 Å². The number of ether oxygens (including phenoxy) is 9. The van der Waals surface area contributed by atoms with Crippen LogP contribution in [0.2, 0.25) is 0 Å². The highest BCUT2D eigenvalue weighted by molar-refractivity contribution is 5.74. The monoisotopic (exact) mass is 895 g/mol. The maximum atomic E-state index is 12.4. The van der Waals surface area contributed by atoms with Crippen molar-refractivity contribution >= 4 is 17.7 Å². The molecule has 0 saturated carbocycles. The first kappa shape index (κ1) is 49.6. The fourth-order valence-corrected chi connectivity index (χ4v) is 7.64. The van der Waals surface area contributed by atoms with Crippen molar-refractivity contribution in [1.82, 2.24) is 16.0 Å². The lowest BCUT2D eigenvalue weighted by atomic mass is 9.93. The zero-order chi connectivity index (χ0) is 45.6. The molecule has 13 N–H and O–H groups in total. The SMILES string of the molecule is COc1ccc(O[C@@H]2O[C@H](CO)[C@@H](O[C@@H]3O[C@H](CO)[C@@H](O[C@@H]4O[C@H](CO)[C@@H](O[C@@H]5O[C@H](CO)[C@@H](O)[C@H](O)[C@H]5NC(C)=O)[C@H](O)[C@H]4NC(C)=O)[C@H](O)[C@H]3O)[C@H](O)[C@H]2NC(C)=O)cc1. The normalized spacial score (nSPS) is 41.1. The van der Waals surface area contributed by atoms with Crippen LogP contribution in [-0.4, -0.2) is 225 Å². The van der Waals surface area contributed by atoms with Gasteiger partial charge in [0.25, 0.3) is 0 Å². The summed E-state index contributed by atoms with van der Waals surface area (Å²) in [5.41, 5.74) is 0. The first-order valence-electron chi connectivity index (χ1n) is 19.7. The molecule has 1 aromatic carbocycles. The third-order valence-electron chi connectivity index (χ3n) is 10.7. The molecule has 0 spiro atoms. The third-order valence-corrected chi connectivity index (χ3v) is 10.7. The largest absolute Gasteiger partial charge is 0.497 e. The number of aliphatic hydroxyl groups excluding tert-OH is 10. The average molecular weight is 896 g/mol. The van der Waals surface area contributed by atoms with Crippen LogP contribution < -0.4 is 25.4 Å². The highest BCUT2D eigenvalue weighted by atomic mass is 16.8. The maximum absolute atomic E-state index is 12.4. The summed E-state index contributed by atoms with van der Waals surface area (Å²) in [6.07, 6.45) is -28.7. The first-order valence-corrected chi connectivity index (χ1v) is 19.7. The molecule has 5 rings (SSSR count). The van der Waals surface area contributed by atoms with Gasteiger partial charge in [-0.25, -0.2) is 0 Å². The third kappa shape index (κ3) is 11.2. The number of nitrogens with one attached hydrogen (secondary N) is 3. The molecule has 1 aromatic rings. The Morgan fingerprint density at radius 3 is 1.27 bits per heavy atom. The Balaban J connectivity index is 1.33. The zero-order valence-corrected chi connectivity index (χ0v) is 34.1. The number of hydrogen-bond donors (Lipinski definition) is 13. The summed E-state index contributed by atoms with van der Waals surface area (Å²) in [4.78, 5) is 36.6. The summed E-state index contributed by atoms with van der Waals surface area (Å²) < 4.78 is 52.0. The molecule has 3 amide bonds. The Morgan fingerprint density at radius 2 is 0.839 bits per heavy atom. The van der Waals surface area contributed by atoms with Gasteiger partial charge in [-0.2, -0.15) is 0 Å². The van der Waals surface area contributed by atoms with E-state index in [4.69, 9.17) is 42.6 Å². The molecule has 25 nitrogen and oxygen atoms in total. The van der Waals surface area contributed by atoms with Crippen molar-refractivity contribution in [3.63, 3.8) is 0 Å². The van der Waals surface area contributed by atoms with Gasteiger partial charge in [0.05, 0.1) is 33.5 Å². The second kappa shape index (κ2) is 22.0. The molecule has 4 aliphatic heterocycles. The molecular weight excluding hydrogens is 838 g/mol. The average Bonchev–Trinajstić information content (AvgIpc) is 3.24. The molecule has 62 heavy (non-hydrogen) atoms. The maximum Gasteiger partial charge on any atom is 0.223 e. The summed E-state index contributed by atoms with van der Waals surface area (Å²) in [7, 11) is 1.47. The van der Waals surface area contributed by atoms with Crippen LogP contribution in [0.25, 0.3) is 0 Å². The smallest absolute Gasteiger partial charge is 0.223 e. The molecule has 0 aromatic heterocycles. The number of amides is 3. The van der Waals surface area contributed by atoms with Gasteiger partial charge in [0.1, 0.15) is 109 Å². The molecule has 25 heteroatoms. The lowest BCUT2D eigenvalue weighted by Gasteiger charge is -2.50. The highest BCUT2D eigenvalue weighted by Crippen LogP contribution is 2.35. The van der Waals surface area contributed by atoms with Crippen molar-refractivity contribution in [3.8, 4) is 11.5 Å². The quantitative estimate of drug-likeness (QED) is 0.0733. The molecule has 0 bridgehead atoms. The summed E-state index contributed by atoms with van der Waals surface area (Å²) in [6, 6.07) is 1.83. The number of aliphatic hydroxyl groups is 10. The minimum atomic E-state index is -2.05. The van der Waals surface area contributed by atoms with E-state index >= 15 is 0 Å². The minimum Gasteiger partial charge on any atom is -0.497 e. The highest BCUT2D eigenvalue weighted by Gasteiger charge is 2.56. The predicted octanol–water partition coefficient (Wildman–Crippen LogP) is -7.22. The molecular formula is C37H57N3O22. The van der Waals surface area contributed by atoms with E-state index in [1.165, 1.54) is 26.2 Å². The molecule has 4 aliphatic rings. The van der Waals surface area contributed by atoms with Crippen LogP contribution >= 0.6 is 0 Å². The summed E-state index contributed by atoms with van der Waals surface area (Å²) in [6.45, 7) is -0.0683. The van der Waals surface area contributed by atoms with Gasteiger partial charge in [-0.05, 0) is 24.3 Å². The van der Waals surface area contributed by atoms with E-state index in [1.807, 2.05) is 0 Å². The van der Waals surface area contributed by atoms with E-state index in [-0.39, 0.29) is 5.75 Å². The van der Waals surface area contributed by atoms with Gasteiger partial charge in [-0.1, -0.05) is 0 Å². The van der Waals surface area contributed by atoms with Crippen molar-refractivity contribution in [2.45, 2.75) is 143 Å². The second-order valence-electron chi connectivity index (χ2n) is 15.1. The summed E-state index contributed by atoms with van der Waals surface area (Å²) >= 11 is 0. The van der Waals surface area contributed by atoms with Crippen LogP contribution in [0.5, 0.6) is 11.5 Å². The Labute approximate surface area is 354 Å². The predicted molar refractivity (Wildman–Crippen MR) is 200 cm³/mol. The van der Waals surface area contributed by atoms with Crippen molar-refractivity contribution in [3.05, 3.63) is 24.3 Å². The molecule has 352 valence electrons.